The van der Waals surface area contributed by atoms with Crippen molar-refractivity contribution in [2.45, 2.75) is 77.0 Å². The Bertz CT molecular complexity index is 1240. The van der Waals surface area contributed by atoms with Crippen LogP contribution < -0.4 is 0 Å². The molecule has 0 atom stereocenters. The second-order valence-electron chi connectivity index (χ2n) is 10.4. The third-order valence-corrected chi connectivity index (χ3v) is 7.25. The summed E-state index contributed by atoms with van der Waals surface area (Å²) in [5, 5.41) is 10.4. The van der Waals surface area contributed by atoms with Gasteiger partial charge in [-0.05, 0) is 87.8 Å². The van der Waals surface area contributed by atoms with Gasteiger partial charge in [0.1, 0.15) is 16.6 Å². The minimum atomic E-state index is -0.588. The van der Waals surface area contributed by atoms with Crippen molar-refractivity contribution >= 4 is 29.3 Å². The fourth-order valence-electron chi connectivity index (χ4n) is 5.11. The van der Waals surface area contributed by atoms with Crippen LogP contribution in [0.15, 0.2) is 36.5 Å². The fraction of sp³-hybridized carbons (Fsp3) is 0.462. The number of hydrogen-bond acceptors (Lipinski definition) is 5. The van der Waals surface area contributed by atoms with Crippen LogP contribution in [-0.2, 0) is 17.8 Å². The number of carbonyl (C=O) groups is 1. The van der Waals surface area contributed by atoms with Crippen molar-refractivity contribution in [3.63, 3.8) is 0 Å². The highest BCUT2D eigenvalue weighted by Crippen LogP contribution is 2.42. The number of carbonyl (C=O) groups excluding carboxylic acids is 1. The van der Waals surface area contributed by atoms with E-state index in [2.05, 4.69) is 25.8 Å². The second-order valence-corrected chi connectivity index (χ2v) is 11.1. The number of pyridine rings is 1. The second kappa shape index (κ2) is 9.43. The highest BCUT2D eigenvalue weighted by atomic mass is 35.5. The Kier molecular flexibility index (Phi) is 6.49. The maximum absolute atomic E-state index is 13.0. The number of fused-ring (bicyclic) bond motifs is 3. The monoisotopic (exact) mass is 513 g/mol. The molecule has 1 fully saturated rings. The molecule has 0 saturated heterocycles. The smallest absolute Gasteiger partial charge is 0.411 e. The predicted octanol–water partition coefficient (Wildman–Crippen LogP) is 6.66. The van der Waals surface area contributed by atoms with Crippen LogP contribution in [0.3, 0.4) is 0 Å². The number of benzene rings is 1. The lowest BCUT2D eigenvalue weighted by atomic mass is 9.78. The van der Waals surface area contributed by atoms with Gasteiger partial charge in [0.05, 0.1) is 18.8 Å². The third-order valence-electron chi connectivity index (χ3n) is 6.70. The molecule has 7 nitrogen and oxygen atoms in total. The molecule has 2 aliphatic rings. The van der Waals surface area contributed by atoms with Crippen LogP contribution in [0.1, 0.15) is 81.1 Å². The lowest BCUT2D eigenvalue weighted by Gasteiger charge is -2.29. The highest BCUT2D eigenvalue weighted by Gasteiger charge is 2.33. The maximum atomic E-state index is 13.0. The summed E-state index contributed by atoms with van der Waals surface area (Å²) < 4.78 is 7.78. The first-order valence-corrected chi connectivity index (χ1v) is 12.8. The predicted molar refractivity (Wildman–Crippen MR) is 135 cm³/mol. The van der Waals surface area contributed by atoms with Gasteiger partial charge in [0.25, 0.3) is 0 Å². The zero-order valence-corrected chi connectivity index (χ0v) is 21.7. The Labute approximate surface area is 215 Å². The van der Waals surface area contributed by atoms with Gasteiger partial charge in [-0.25, -0.2) is 9.78 Å². The molecule has 3 heterocycles. The van der Waals surface area contributed by atoms with Crippen molar-refractivity contribution < 1.29 is 9.53 Å². The number of ether oxygens (including phenoxy) is 1. The molecule has 0 spiro atoms. The summed E-state index contributed by atoms with van der Waals surface area (Å²) in [4.78, 5) is 18.9. The zero-order chi connectivity index (χ0) is 24.7. The van der Waals surface area contributed by atoms with Crippen molar-refractivity contribution in [3.05, 3.63) is 69.5 Å². The molecule has 0 radical (unpaired) electrons. The van der Waals surface area contributed by atoms with Crippen LogP contribution >= 0.6 is 23.2 Å². The van der Waals surface area contributed by atoms with Crippen molar-refractivity contribution in [1.82, 2.24) is 24.6 Å². The Morgan fingerprint density at radius 2 is 1.77 bits per heavy atom. The largest absolute Gasteiger partial charge is 0.444 e. The maximum Gasteiger partial charge on any atom is 0.411 e. The van der Waals surface area contributed by atoms with Crippen LogP contribution in [0, 0.1) is 0 Å². The van der Waals surface area contributed by atoms with E-state index in [1.165, 1.54) is 0 Å². The molecule has 2 aromatic heterocycles. The molecule has 0 bridgehead atoms. The van der Waals surface area contributed by atoms with E-state index in [1.807, 2.05) is 45.0 Å². The van der Waals surface area contributed by atoms with Crippen molar-refractivity contribution in [3.8, 4) is 5.69 Å². The molecular formula is C26H29Cl2N5O2. The molecule has 1 aromatic carbocycles. The van der Waals surface area contributed by atoms with Crippen LogP contribution in [-0.4, -0.2) is 36.3 Å². The Balaban J connectivity index is 1.44. The summed E-state index contributed by atoms with van der Waals surface area (Å²) >= 11 is 12.7. The van der Waals surface area contributed by atoms with E-state index in [4.69, 9.17) is 27.9 Å². The Morgan fingerprint density at radius 3 is 2.49 bits per heavy atom. The molecular weight excluding hydrogens is 485 g/mol. The summed E-state index contributed by atoms with van der Waals surface area (Å²) in [5.41, 5.74) is 2.45. The molecule has 1 aliphatic heterocycles. The average Bonchev–Trinajstić information content (AvgIpc) is 3.14. The number of rotatable bonds is 2. The van der Waals surface area contributed by atoms with Gasteiger partial charge < -0.3 is 4.74 Å². The number of nitrogens with zero attached hydrogens (tertiary/aromatic N) is 5. The van der Waals surface area contributed by atoms with Gasteiger partial charge in [-0.1, -0.05) is 29.3 Å². The third kappa shape index (κ3) is 5.02. The van der Waals surface area contributed by atoms with Crippen LogP contribution in [0.4, 0.5) is 4.79 Å². The van der Waals surface area contributed by atoms with E-state index < -0.39 is 5.60 Å². The summed E-state index contributed by atoms with van der Waals surface area (Å²) in [6.45, 7) is 6.30. The van der Waals surface area contributed by atoms with E-state index in [-0.39, 0.29) is 12.0 Å². The first kappa shape index (κ1) is 24.1. The first-order valence-electron chi connectivity index (χ1n) is 12.0. The summed E-state index contributed by atoms with van der Waals surface area (Å²) in [5.74, 6) is 2.32. The van der Waals surface area contributed by atoms with Crippen molar-refractivity contribution in [1.29, 1.82) is 0 Å². The van der Waals surface area contributed by atoms with Crippen LogP contribution in [0.5, 0.6) is 0 Å². The molecule has 35 heavy (non-hydrogen) atoms. The first-order chi connectivity index (χ1) is 16.7. The molecule has 1 aliphatic carbocycles. The van der Waals surface area contributed by atoms with Gasteiger partial charge in [-0.15, -0.1) is 10.2 Å². The molecule has 184 valence electrons. The lowest BCUT2D eigenvalue weighted by Crippen LogP contribution is -2.35. The van der Waals surface area contributed by atoms with Crippen LogP contribution in [0.2, 0.25) is 10.2 Å². The van der Waals surface area contributed by atoms with Crippen molar-refractivity contribution in [2.75, 3.05) is 0 Å². The summed E-state index contributed by atoms with van der Waals surface area (Å²) in [7, 11) is 0. The fourth-order valence-corrected chi connectivity index (χ4v) is 5.58. The molecule has 0 N–H and O–H groups in total. The Hall–Kier alpha value is -2.64. The van der Waals surface area contributed by atoms with E-state index in [9.17, 15) is 4.79 Å². The SMILES string of the molecule is CC(C)(C)OC(=O)N1Cc2cc(Cl)ccc2-n2c(nnc2[C@H]2CC[C@H](c3cccnc3Cl)CC2)C1. The van der Waals surface area contributed by atoms with Gasteiger partial charge in [0.2, 0.25) is 0 Å². The van der Waals surface area contributed by atoms with Crippen molar-refractivity contribution in [2.24, 2.45) is 0 Å². The highest BCUT2D eigenvalue weighted by molar-refractivity contribution is 6.30. The van der Waals surface area contributed by atoms with Gasteiger partial charge in [0, 0.05) is 17.1 Å². The summed E-state index contributed by atoms with van der Waals surface area (Å²) in [6, 6.07) is 9.80. The number of amides is 1. The minimum absolute atomic E-state index is 0.263. The Morgan fingerprint density at radius 1 is 1.03 bits per heavy atom. The summed E-state index contributed by atoms with van der Waals surface area (Å²) in [6.07, 6.45) is 5.33. The number of aromatic nitrogens is 4. The number of hydrogen-bond donors (Lipinski definition) is 0. The van der Waals surface area contributed by atoms with Crippen LogP contribution in [0.25, 0.3) is 5.69 Å². The van der Waals surface area contributed by atoms with Gasteiger partial charge in [-0.2, -0.15) is 0 Å². The molecule has 9 heteroatoms. The van der Waals surface area contributed by atoms with Gasteiger partial charge >= 0.3 is 6.09 Å². The van der Waals surface area contributed by atoms with E-state index in [1.54, 1.807) is 11.1 Å². The zero-order valence-electron chi connectivity index (χ0n) is 20.2. The minimum Gasteiger partial charge on any atom is -0.444 e. The van der Waals surface area contributed by atoms with E-state index in [0.717, 1.165) is 54.1 Å². The molecule has 1 saturated carbocycles. The molecule has 1 amide bonds. The molecule has 0 unspecified atom stereocenters. The average molecular weight is 514 g/mol. The standard InChI is InChI=1S/C26H29Cl2N5O2/c1-26(2,3)35-25(34)32-14-18-13-19(27)10-11-21(18)33-22(15-32)30-31-24(33)17-8-6-16(7-9-17)20-5-4-12-29-23(20)28/h4-5,10-13,16-17H,6-9,14-15H2,1-3H3/t16-,17-. The molecule has 3 aromatic rings. The van der Waals surface area contributed by atoms with Gasteiger partial charge in [0.15, 0.2) is 5.82 Å². The van der Waals surface area contributed by atoms with E-state index in [0.29, 0.717) is 29.2 Å². The number of halogens is 2. The quantitative estimate of drug-likeness (QED) is 0.358. The molecule has 5 rings (SSSR count). The topological polar surface area (TPSA) is 73.1 Å². The van der Waals surface area contributed by atoms with Gasteiger partial charge in [-0.3, -0.25) is 9.47 Å². The lowest BCUT2D eigenvalue weighted by molar-refractivity contribution is 0.0214. The van der Waals surface area contributed by atoms with E-state index >= 15 is 0 Å². The normalized spacial score (nSPS) is 20.1.